The second-order valence-corrected chi connectivity index (χ2v) is 15.9. The van der Waals surface area contributed by atoms with Crippen LogP contribution in [0, 0.1) is 0 Å². The number of nitrogens with one attached hydrogen (secondary N) is 3. The molecule has 0 radical (unpaired) electrons. The van der Waals surface area contributed by atoms with Crippen LogP contribution in [0.2, 0.25) is 0 Å². The molecule has 0 unspecified atom stereocenters. The second-order valence-electron chi connectivity index (χ2n) is 15.9. The van der Waals surface area contributed by atoms with E-state index >= 15 is 0 Å². The minimum Gasteiger partial charge on any atom is -0.394 e. The average Bonchev–Trinajstić information content (AvgIpc) is 3.95. The Morgan fingerprint density at radius 1 is 0.516 bits per heavy atom. The highest BCUT2D eigenvalue weighted by Gasteiger charge is 2.69. The molecule has 0 aromatic heterocycles. The molecule has 0 aromatic rings. The van der Waals surface area contributed by atoms with Gasteiger partial charge in [0.05, 0.1) is 33.0 Å². The largest absolute Gasteiger partial charge is 0.394 e. The Bertz CT molecular complexity index is 1510. The molecule has 0 aliphatic carbocycles. The topological polar surface area (TPSA) is 446 Å². The first kappa shape index (κ1) is 49.4. The maximum absolute atomic E-state index is 12.4. The Morgan fingerprint density at radius 3 is 1.50 bits per heavy atom. The Kier molecular flexibility index (Phi) is 16.1. The fraction of sp³-hybridized carbons (Fsp3) is 0.941. The predicted molar refractivity (Wildman–Crippen MR) is 190 cm³/mol. The van der Waals surface area contributed by atoms with E-state index in [1.165, 1.54) is 6.92 Å². The van der Waals surface area contributed by atoms with Crippen LogP contribution in [0.15, 0.2) is 0 Å². The molecule has 17 N–H and O–H groups in total. The number of ether oxygens (including phenoxy) is 9. The van der Waals surface area contributed by atoms with E-state index in [4.69, 9.17) is 42.6 Å². The summed E-state index contributed by atoms with van der Waals surface area (Å²) in [6.45, 7) is -1.96. The lowest BCUT2D eigenvalue weighted by Gasteiger charge is -2.50. The van der Waals surface area contributed by atoms with Crippen molar-refractivity contribution in [1.82, 2.24) is 16.0 Å². The van der Waals surface area contributed by atoms with Gasteiger partial charge in [-0.2, -0.15) is 0 Å². The van der Waals surface area contributed by atoms with Crippen molar-refractivity contribution in [3.8, 4) is 0 Å². The number of carbonyl (C=O) groups is 2. The van der Waals surface area contributed by atoms with Gasteiger partial charge in [-0.1, -0.05) is 0 Å². The van der Waals surface area contributed by atoms with Crippen LogP contribution < -0.4 is 16.0 Å². The maximum Gasteiger partial charge on any atom is 0.218 e. The molecular formula is C34H57N3O25. The molecule has 6 fully saturated rings. The van der Waals surface area contributed by atoms with E-state index < -0.39 is 198 Å². The summed E-state index contributed by atoms with van der Waals surface area (Å²) in [4.78, 5) is 24.4. The molecule has 0 bridgehead atoms. The second kappa shape index (κ2) is 20.2. The summed E-state index contributed by atoms with van der Waals surface area (Å²) < 4.78 is 51.6. The van der Waals surface area contributed by atoms with E-state index in [9.17, 15) is 81.1 Å². The van der Waals surface area contributed by atoms with Crippen LogP contribution in [0.1, 0.15) is 13.8 Å². The van der Waals surface area contributed by atoms with Crippen molar-refractivity contribution < 1.29 is 124 Å². The van der Waals surface area contributed by atoms with E-state index in [0.29, 0.717) is 0 Å². The van der Waals surface area contributed by atoms with E-state index in [-0.39, 0.29) is 0 Å². The molecule has 6 rings (SSSR count). The van der Waals surface area contributed by atoms with E-state index in [1.54, 1.807) is 0 Å². The highest BCUT2D eigenvalue weighted by molar-refractivity contribution is 5.74. The highest BCUT2D eigenvalue weighted by atomic mass is 16.8. The summed E-state index contributed by atoms with van der Waals surface area (Å²) in [5.74, 6) is -1.32. The summed E-state index contributed by atoms with van der Waals surface area (Å²) in [7, 11) is 0. The third-order valence-corrected chi connectivity index (χ3v) is 11.6. The van der Waals surface area contributed by atoms with Crippen molar-refractivity contribution in [2.75, 3.05) is 33.0 Å². The van der Waals surface area contributed by atoms with Gasteiger partial charge in [0.1, 0.15) is 122 Å². The third-order valence-electron chi connectivity index (χ3n) is 11.6. The van der Waals surface area contributed by atoms with Gasteiger partial charge in [0.25, 0.3) is 0 Å². The number of hydrogen-bond acceptors (Lipinski definition) is 26. The molecule has 2 amide bonds. The minimum atomic E-state index is -2.17. The molecule has 28 nitrogen and oxygen atoms in total. The lowest BCUT2D eigenvalue weighted by molar-refractivity contribution is -0.382. The number of rotatable bonds is 15. The van der Waals surface area contributed by atoms with Crippen molar-refractivity contribution in [3.63, 3.8) is 0 Å². The zero-order valence-corrected chi connectivity index (χ0v) is 33.1. The Balaban J connectivity index is 1.23. The number of carbonyl (C=O) groups excluding carboxylic acids is 2. The normalized spacial score (nSPS) is 50.6. The summed E-state index contributed by atoms with van der Waals surface area (Å²) in [6, 6.07) is -1.62. The zero-order chi connectivity index (χ0) is 45.5. The summed E-state index contributed by atoms with van der Waals surface area (Å²) in [5, 5.41) is 156. The van der Waals surface area contributed by atoms with Crippen LogP contribution in [0.3, 0.4) is 0 Å². The number of amides is 2. The number of aliphatic hydroxyl groups is 14. The predicted octanol–water partition coefficient (Wildman–Crippen LogP) is -11.7. The number of aliphatic hydroxyl groups excluding tert-OH is 14. The van der Waals surface area contributed by atoms with Gasteiger partial charge >= 0.3 is 0 Å². The summed E-state index contributed by atoms with van der Waals surface area (Å²) in [5.41, 5.74) is -1.54. The quantitative estimate of drug-likeness (QED) is 0.0678. The lowest BCUT2D eigenvalue weighted by atomic mass is 9.94. The smallest absolute Gasteiger partial charge is 0.218 e. The van der Waals surface area contributed by atoms with Gasteiger partial charge in [-0.3, -0.25) is 14.9 Å². The Hall–Kier alpha value is -2.02. The van der Waals surface area contributed by atoms with Crippen molar-refractivity contribution in [2.45, 2.75) is 167 Å². The van der Waals surface area contributed by atoms with Crippen LogP contribution in [0.5, 0.6) is 0 Å². The van der Waals surface area contributed by atoms with E-state index in [2.05, 4.69) is 16.0 Å². The van der Waals surface area contributed by atoms with Gasteiger partial charge in [0.2, 0.25) is 11.8 Å². The van der Waals surface area contributed by atoms with Crippen LogP contribution in [-0.2, 0) is 52.2 Å². The first-order chi connectivity index (χ1) is 29.3. The first-order valence-electron chi connectivity index (χ1n) is 19.7. The van der Waals surface area contributed by atoms with Gasteiger partial charge in [-0.25, -0.2) is 0 Å². The van der Waals surface area contributed by atoms with Crippen LogP contribution in [-0.4, -0.2) is 269 Å². The van der Waals surface area contributed by atoms with E-state index in [1.807, 2.05) is 0 Å². The van der Waals surface area contributed by atoms with Gasteiger partial charge in [-0.05, 0) is 0 Å². The standard InChI is InChI=1S/C34H57N3O25/c1-8(42)35-15-18(46)25(12(5-40)57-29(15)62-27-13(6-41)59-33-34(37-33,28(27)53)36-9(2)43)60-32-24(52)21(49)26(61-31-23(51)20(48)17(45)11(4-39)56-31)14(58-32)7-54-30-22(50)19(47)16(44)10(3-38)55-30/h10-33,37-41,44-53H,3-7H2,1-2H3,(H,35,42)(H,36,43)/t10-,11-,12-,13-,14-,15-,16-,17-,18-,19+,20+,21-,22+,23+,24+,25-,26-,27-,28+,29+,30-,31+,32-,33+,34+/m1/s1. The van der Waals surface area contributed by atoms with Crippen LogP contribution >= 0.6 is 0 Å². The van der Waals surface area contributed by atoms with Crippen molar-refractivity contribution >= 4 is 11.8 Å². The van der Waals surface area contributed by atoms with Gasteiger partial charge in [-0.15, -0.1) is 0 Å². The monoisotopic (exact) mass is 907 g/mol. The molecule has 6 heterocycles. The Labute approximate surface area is 351 Å². The third kappa shape index (κ3) is 9.75. The van der Waals surface area contributed by atoms with Gasteiger partial charge in [0, 0.05) is 13.8 Å². The fourth-order valence-corrected chi connectivity index (χ4v) is 8.15. The van der Waals surface area contributed by atoms with Crippen LogP contribution in [0.4, 0.5) is 0 Å². The molecule has 0 spiro atoms. The molecule has 6 saturated heterocycles. The van der Waals surface area contributed by atoms with Gasteiger partial charge < -0.3 is 125 Å². The van der Waals surface area contributed by atoms with Crippen molar-refractivity contribution in [2.24, 2.45) is 0 Å². The molecule has 6 aliphatic heterocycles. The molecular weight excluding hydrogens is 850 g/mol. The lowest BCUT2D eigenvalue weighted by Crippen LogP contribution is -2.70. The summed E-state index contributed by atoms with van der Waals surface area (Å²) in [6.07, 6.45) is -40.3. The van der Waals surface area contributed by atoms with Gasteiger partial charge in [0.15, 0.2) is 30.8 Å². The average molecular weight is 908 g/mol. The molecule has 25 atom stereocenters. The molecule has 0 aromatic carbocycles. The van der Waals surface area contributed by atoms with Crippen molar-refractivity contribution in [3.05, 3.63) is 0 Å². The molecule has 28 heteroatoms. The van der Waals surface area contributed by atoms with E-state index in [0.717, 1.165) is 6.92 Å². The molecule has 62 heavy (non-hydrogen) atoms. The number of fused-ring (bicyclic) bond motifs is 1. The maximum atomic E-state index is 12.4. The number of hydrogen-bond donors (Lipinski definition) is 17. The van der Waals surface area contributed by atoms with Crippen LogP contribution in [0.25, 0.3) is 0 Å². The molecule has 0 saturated carbocycles. The molecule has 358 valence electrons. The molecule has 6 aliphatic rings. The highest BCUT2D eigenvalue weighted by Crippen LogP contribution is 2.41. The minimum absolute atomic E-state index is 0.559. The zero-order valence-electron chi connectivity index (χ0n) is 33.1. The summed E-state index contributed by atoms with van der Waals surface area (Å²) >= 11 is 0. The first-order valence-corrected chi connectivity index (χ1v) is 19.7. The Morgan fingerprint density at radius 2 is 0.968 bits per heavy atom. The van der Waals surface area contributed by atoms with Crippen molar-refractivity contribution in [1.29, 1.82) is 0 Å². The fourth-order valence-electron chi connectivity index (χ4n) is 8.15. The SMILES string of the molecule is CC(=O)N[C@H]1[C@H](O[C@@H]2[C@@H](CO)O[C@@H]3N[C@@]3(NC(C)=O)[C@H]2O)O[C@H](CO)[C@@H](O[C@H]2O[C@H](CO[C@@H]3O[C@H](CO)[C@@H](O)[C@H](O)[C@@H]3O)[C@@H](O[C@@H]3O[C@H](CO)[C@@H](O)[C@H](O)[C@@H]3O)[C@H](O)[C@@H]2O)[C@@H]1O.